The Kier molecular flexibility index (Phi) is 6.42. The Bertz CT molecular complexity index is 769. The van der Waals surface area contributed by atoms with Crippen LogP contribution in [0, 0.1) is 20.8 Å². The first-order valence-electron chi connectivity index (χ1n) is 7.78. The number of hydrogen-bond acceptors (Lipinski definition) is 4. The minimum atomic E-state index is -0.611. The van der Waals surface area contributed by atoms with Gasteiger partial charge in [-0.05, 0) is 49.6 Å². The molecule has 0 saturated carbocycles. The van der Waals surface area contributed by atoms with Crippen LogP contribution in [0.25, 0.3) is 0 Å². The Morgan fingerprint density at radius 3 is 2.32 bits per heavy atom. The van der Waals surface area contributed by atoms with Gasteiger partial charge >= 0.3 is 5.97 Å². The fourth-order valence-electron chi connectivity index (χ4n) is 2.27. The molecule has 0 aliphatic carbocycles. The SMILES string of the molecule is Cc1cccc(C)c1OCC(=O)OCC(=O)Nc1cccc(Cl)c1C. The molecule has 0 spiro atoms. The van der Waals surface area contributed by atoms with Crippen LogP contribution in [0.15, 0.2) is 36.4 Å². The van der Waals surface area contributed by atoms with Crippen molar-refractivity contribution >= 4 is 29.2 Å². The summed E-state index contributed by atoms with van der Waals surface area (Å²) in [7, 11) is 0. The quantitative estimate of drug-likeness (QED) is 0.794. The molecule has 1 amide bonds. The van der Waals surface area contributed by atoms with Gasteiger partial charge in [0, 0.05) is 10.7 Å². The minimum absolute atomic E-state index is 0.255. The topological polar surface area (TPSA) is 64.6 Å². The second kappa shape index (κ2) is 8.53. The monoisotopic (exact) mass is 361 g/mol. The van der Waals surface area contributed by atoms with Gasteiger partial charge < -0.3 is 14.8 Å². The van der Waals surface area contributed by atoms with Crippen LogP contribution in [0.1, 0.15) is 16.7 Å². The molecule has 1 N–H and O–H groups in total. The van der Waals surface area contributed by atoms with E-state index in [4.69, 9.17) is 21.1 Å². The number of nitrogens with one attached hydrogen (secondary N) is 1. The fourth-order valence-corrected chi connectivity index (χ4v) is 2.45. The van der Waals surface area contributed by atoms with E-state index >= 15 is 0 Å². The second-order valence-electron chi connectivity index (χ2n) is 5.63. The van der Waals surface area contributed by atoms with Crippen LogP contribution in [-0.2, 0) is 14.3 Å². The Balaban J connectivity index is 1.81. The highest BCUT2D eigenvalue weighted by atomic mass is 35.5. The number of benzene rings is 2. The molecule has 0 radical (unpaired) electrons. The molecule has 0 fully saturated rings. The van der Waals surface area contributed by atoms with E-state index in [-0.39, 0.29) is 13.2 Å². The number of para-hydroxylation sites is 1. The van der Waals surface area contributed by atoms with Crippen molar-refractivity contribution in [3.63, 3.8) is 0 Å². The molecule has 2 aromatic rings. The average Bonchev–Trinajstić information content (AvgIpc) is 2.57. The Labute approximate surface area is 151 Å². The predicted molar refractivity (Wildman–Crippen MR) is 97.2 cm³/mol. The van der Waals surface area contributed by atoms with Crippen molar-refractivity contribution in [3.05, 3.63) is 58.1 Å². The van der Waals surface area contributed by atoms with Crippen molar-refractivity contribution in [2.75, 3.05) is 18.5 Å². The molecular formula is C19H20ClNO4. The molecule has 25 heavy (non-hydrogen) atoms. The Morgan fingerprint density at radius 1 is 1.00 bits per heavy atom. The molecule has 0 unspecified atom stereocenters. The zero-order valence-electron chi connectivity index (χ0n) is 14.4. The first-order chi connectivity index (χ1) is 11.9. The van der Waals surface area contributed by atoms with Crippen molar-refractivity contribution in [1.29, 1.82) is 0 Å². The summed E-state index contributed by atoms with van der Waals surface area (Å²) in [5, 5.41) is 3.21. The third-order valence-corrected chi connectivity index (χ3v) is 4.06. The van der Waals surface area contributed by atoms with E-state index in [1.165, 1.54) is 0 Å². The molecule has 2 aromatic carbocycles. The molecule has 5 nitrogen and oxygen atoms in total. The number of amides is 1. The lowest BCUT2D eigenvalue weighted by molar-refractivity contribution is -0.149. The summed E-state index contributed by atoms with van der Waals surface area (Å²) in [6.45, 7) is 4.95. The number of anilines is 1. The van der Waals surface area contributed by atoms with E-state index in [0.717, 1.165) is 16.7 Å². The van der Waals surface area contributed by atoms with Crippen LogP contribution < -0.4 is 10.1 Å². The highest BCUT2D eigenvalue weighted by Crippen LogP contribution is 2.23. The smallest absolute Gasteiger partial charge is 0.344 e. The van der Waals surface area contributed by atoms with E-state index in [1.54, 1.807) is 25.1 Å². The molecule has 0 saturated heterocycles. The van der Waals surface area contributed by atoms with Gasteiger partial charge in [-0.25, -0.2) is 4.79 Å². The average molecular weight is 362 g/mol. The summed E-state index contributed by atoms with van der Waals surface area (Å²) < 4.78 is 10.4. The van der Waals surface area contributed by atoms with E-state index in [0.29, 0.717) is 16.5 Å². The van der Waals surface area contributed by atoms with Gasteiger partial charge in [-0.3, -0.25) is 4.79 Å². The normalized spacial score (nSPS) is 10.2. The highest BCUT2D eigenvalue weighted by Gasteiger charge is 2.12. The third kappa shape index (κ3) is 5.22. The molecule has 6 heteroatoms. The van der Waals surface area contributed by atoms with Gasteiger partial charge in [-0.2, -0.15) is 0 Å². The number of ether oxygens (including phenoxy) is 2. The standard InChI is InChI=1S/C19H20ClNO4/c1-12-6-4-7-13(2)19(12)25-11-18(23)24-10-17(22)21-16-9-5-8-15(20)14(16)3/h4-9H,10-11H2,1-3H3,(H,21,22). The van der Waals surface area contributed by atoms with Gasteiger partial charge in [-0.1, -0.05) is 35.9 Å². The number of carbonyl (C=O) groups excluding carboxylic acids is 2. The van der Waals surface area contributed by atoms with E-state index in [2.05, 4.69) is 5.32 Å². The Hall–Kier alpha value is -2.53. The van der Waals surface area contributed by atoms with Gasteiger partial charge in [0.2, 0.25) is 0 Å². The van der Waals surface area contributed by atoms with Crippen molar-refractivity contribution in [2.24, 2.45) is 0 Å². The third-order valence-electron chi connectivity index (χ3n) is 3.65. The predicted octanol–water partition coefficient (Wildman–Crippen LogP) is 3.83. The van der Waals surface area contributed by atoms with Crippen LogP contribution in [-0.4, -0.2) is 25.1 Å². The number of carbonyl (C=O) groups is 2. The summed E-state index contributed by atoms with van der Waals surface area (Å²) in [6, 6.07) is 10.9. The Morgan fingerprint density at radius 2 is 1.64 bits per heavy atom. The number of halogens is 1. The number of aryl methyl sites for hydroxylation is 2. The minimum Gasteiger partial charge on any atom is -0.481 e. The van der Waals surface area contributed by atoms with E-state index in [1.807, 2.05) is 32.0 Å². The first-order valence-corrected chi connectivity index (χ1v) is 8.16. The van der Waals surface area contributed by atoms with Crippen LogP contribution in [0.5, 0.6) is 5.75 Å². The van der Waals surface area contributed by atoms with Crippen molar-refractivity contribution in [1.82, 2.24) is 0 Å². The number of rotatable bonds is 6. The fraction of sp³-hybridized carbons (Fsp3) is 0.263. The summed E-state index contributed by atoms with van der Waals surface area (Å²) in [5.41, 5.74) is 3.20. The first kappa shape index (κ1) is 18.8. The van der Waals surface area contributed by atoms with Gasteiger partial charge in [0.1, 0.15) is 5.75 Å². The summed E-state index contributed by atoms with van der Waals surface area (Å²) in [6.07, 6.45) is 0. The maximum atomic E-state index is 11.9. The van der Waals surface area contributed by atoms with E-state index < -0.39 is 11.9 Å². The van der Waals surface area contributed by atoms with Crippen molar-refractivity contribution < 1.29 is 19.1 Å². The zero-order valence-corrected chi connectivity index (χ0v) is 15.1. The number of esters is 1. The maximum Gasteiger partial charge on any atom is 0.344 e. The largest absolute Gasteiger partial charge is 0.481 e. The van der Waals surface area contributed by atoms with Crippen molar-refractivity contribution in [3.8, 4) is 5.75 Å². The van der Waals surface area contributed by atoms with Crippen LogP contribution >= 0.6 is 11.6 Å². The van der Waals surface area contributed by atoms with Crippen LogP contribution in [0.4, 0.5) is 5.69 Å². The molecule has 0 heterocycles. The van der Waals surface area contributed by atoms with Gasteiger partial charge in [0.15, 0.2) is 13.2 Å². The second-order valence-corrected chi connectivity index (χ2v) is 6.04. The summed E-state index contributed by atoms with van der Waals surface area (Å²) >= 11 is 6.00. The van der Waals surface area contributed by atoms with Gasteiger partial charge in [0.25, 0.3) is 5.91 Å². The maximum absolute atomic E-state index is 11.9. The lowest BCUT2D eigenvalue weighted by atomic mass is 10.1. The molecule has 0 bridgehead atoms. The van der Waals surface area contributed by atoms with Crippen molar-refractivity contribution in [2.45, 2.75) is 20.8 Å². The highest BCUT2D eigenvalue weighted by molar-refractivity contribution is 6.31. The summed E-state index contributed by atoms with van der Waals surface area (Å²) in [5.74, 6) is -0.398. The summed E-state index contributed by atoms with van der Waals surface area (Å²) in [4.78, 5) is 23.7. The van der Waals surface area contributed by atoms with Gasteiger partial charge in [0.05, 0.1) is 0 Å². The zero-order chi connectivity index (χ0) is 18.4. The van der Waals surface area contributed by atoms with Gasteiger partial charge in [-0.15, -0.1) is 0 Å². The lowest BCUT2D eigenvalue weighted by Gasteiger charge is -2.12. The molecule has 2 rings (SSSR count). The lowest BCUT2D eigenvalue weighted by Crippen LogP contribution is -2.24. The molecule has 0 aromatic heterocycles. The molecule has 0 aliphatic rings. The molecule has 132 valence electrons. The van der Waals surface area contributed by atoms with Crippen LogP contribution in [0.2, 0.25) is 5.02 Å². The van der Waals surface area contributed by atoms with E-state index in [9.17, 15) is 9.59 Å². The number of hydrogen-bond donors (Lipinski definition) is 1. The molecular weight excluding hydrogens is 342 g/mol. The molecule has 0 atom stereocenters. The molecule has 0 aliphatic heterocycles. The van der Waals surface area contributed by atoms with Crippen LogP contribution in [0.3, 0.4) is 0 Å².